The van der Waals surface area contributed by atoms with Crippen molar-refractivity contribution in [3.63, 3.8) is 0 Å². The van der Waals surface area contributed by atoms with Crippen LogP contribution in [0.3, 0.4) is 0 Å². The van der Waals surface area contributed by atoms with Crippen molar-refractivity contribution in [2.75, 3.05) is 0 Å². The lowest BCUT2D eigenvalue weighted by atomic mass is 9.72. The third-order valence-corrected chi connectivity index (χ3v) is 3.32. The van der Waals surface area contributed by atoms with Gasteiger partial charge in [-0.15, -0.1) is 0 Å². The number of halogens is 1. The number of hydrogen-bond acceptors (Lipinski definition) is 1. The van der Waals surface area contributed by atoms with Crippen molar-refractivity contribution in [2.45, 2.75) is 24.8 Å². The summed E-state index contributed by atoms with van der Waals surface area (Å²) in [7, 11) is 0. The smallest absolute Gasteiger partial charge is 0.164 e. The highest BCUT2D eigenvalue weighted by Crippen LogP contribution is 2.41. The number of benzene rings is 1. The number of nitrogens with one attached hydrogen (secondary N) is 1. The minimum atomic E-state index is -0.0452. The second-order valence-corrected chi connectivity index (χ2v) is 4.81. The van der Waals surface area contributed by atoms with Crippen molar-refractivity contribution >= 4 is 28.9 Å². The topological polar surface area (TPSA) is 38.0 Å². The summed E-state index contributed by atoms with van der Waals surface area (Å²) < 4.78 is 0. The van der Waals surface area contributed by atoms with E-state index in [2.05, 4.69) is 5.32 Å². The largest absolute Gasteiger partial charge is 0.376 e. The summed E-state index contributed by atoms with van der Waals surface area (Å²) in [5, 5.41) is 4.31. The molecule has 0 unspecified atom stereocenters. The Morgan fingerprint density at radius 3 is 2.33 bits per heavy atom. The fourth-order valence-corrected chi connectivity index (χ4v) is 2.34. The summed E-state index contributed by atoms with van der Waals surface area (Å²) in [4.78, 5) is 0. The minimum absolute atomic E-state index is 0.0452. The maximum atomic E-state index is 5.86. The Bertz CT molecular complexity index is 371. The van der Waals surface area contributed by atoms with E-state index in [0.29, 0.717) is 5.11 Å². The Balaban J connectivity index is 2.26. The highest BCUT2D eigenvalue weighted by molar-refractivity contribution is 7.80. The molecule has 0 aromatic heterocycles. The van der Waals surface area contributed by atoms with Crippen LogP contribution < -0.4 is 11.1 Å². The van der Waals surface area contributed by atoms with Gasteiger partial charge in [-0.3, -0.25) is 0 Å². The predicted octanol–water partition coefficient (Wildman–Crippen LogP) is 2.55. The molecule has 0 spiro atoms. The van der Waals surface area contributed by atoms with E-state index in [4.69, 9.17) is 29.6 Å². The SMILES string of the molecule is NC(=S)NC1(c2ccc(Cl)cc2)CCC1. The lowest BCUT2D eigenvalue weighted by molar-refractivity contribution is 0.221. The summed E-state index contributed by atoms with van der Waals surface area (Å²) in [5.41, 5.74) is 6.72. The molecule has 80 valence electrons. The fourth-order valence-electron chi connectivity index (χ4n) is 2.02. The number of hydrogen-bond donors (Lipinski definition) is 2. The molecule has 2 nitrogen and oxygen atoms in total. The van der Waals surface area contributed by atoms with Crippen LogP contribution in [0, 0.1) is 0 Å². The van der Waals surface area contributed by atoms with Crippen LogP contribution in [-0.4, -0.2) is 5.11 Å². The van der Waals surface area contributed by atoms with Gasteiger partial charge in [0, 0.05) is 5.02 Å². The first-order valence-corrected chi connectivity index (χ1v) is 5.75. The molecule has 0 amide bonds. The second-order valence-electron chi connectivity index (χ2n) is 3.93. The van der Waals surface area contributed by atoms with Gasteiger partial charge in [0.05, 0.1) is 5.54 Å². The van der Waals surface area contributed by atoms with Gasteiger partial charge in [0.15, 0.2) is 5.11 Å². The van der Waals surface area contributed by atoms with Crippen LogP contribution in [-0.2, 0) is 5.54 Å². The average Bonchev–Trinajstić information content (AvgIpc) is 2.13. The van der Waals surface area contributed by atoms with Gasteiger partial charge in [-0.2, -0.15) is 0 Å². The van der Waals surface area contributed by atoms with E-state index in [0.717, 1.165) is 17.9 Å². The van der Waals surface area contributed by atoms with Crippen LogP contribution in [0.15, 0.2) is 24.3 Å². The molecule has 3 N–H and O–H groups in total. The Morgan fingerprint density at radius 2 is 1.93 bits per heavy atom. The molecule has 0 bridgehead atoms. The molecule has 15 heavy (non-hydrogen) atoms. The number of thiocarbonyl (C=S) groups is 1. The number of nitrogens with two attached hydrogens (primary N) is 1. The molecule has 1 aromatic carbocycles. The van der Waals surface area contributed by atoms with E-state index >= 15 is 0 Å². The standard InChI is InChI=1S/C11H13ClN2S/c12-9-4-2-8(3-5-9)11(6-1-7-11)14-10(13)15/h2-5H,1,6-7H2,(H3,13,14,15). The normalized spacial score (nSPS) is 17.9. The molecule has 4 heteroatoms. The van der Waals surface area contributed by atoms with E-state index in [1.54, 1.807) is 0 Å². The van der Waals surface area contributed by atoms with Crippen LogP contribution in [0.4, 0.5) is 0 Å². The molecule has 1 aliphatic rings. The average molecular weight is 241 g/mol. The zero-order valence-corrected chi connectivity index (χ0v) is 9.87. The Hall–Kier alpha value is -0.800. The third kappa shape index (κ3) is 2.08. The molecule has 0 radical (unpaired) electrons. The first-order chi connectivity index (χ1) is 7.12. The maximum Gasteiger partial charge on any atom is 0.164 e. The van der Waals surface area contributed by atoms with Crippen molar-refractivity contribution in [3.05, 3.63) is 34.9 Å². The summed E-state index contributed by atoms with van der Waals surface area (Å²) in [6, 6.07) is 7.87. The van der Waals surface area contributed by atoms with Gasteiger partial charge in [-0.25, -0.2) is 0 Å². The van der Waals surface area contributed by atoms with Crippen LogP contribution in [0.5, 0.6) is 0 Å². The number of rotatable bonds is 2. The molecule has 0 saturated heterocycles. The van der Waals surface area contributed by atoms with Gasteiger partial charge >= 0.3 is 0 Å². The lowest BCUT2D eigenvalue weighted by Gasteiger charge is -2.43. The highest BCUT2D eigenvalue weighted by atomic mass is 35.5. The van der Waals surface area contributed by atoms with Crippen molar-refractivity contribution in [2.24, 2.45) is 5.73 Å². The third-order valence-electron chi connectivity index (χ3n) is 2.97. The van der Waals surface area contributed by atoms with Crippen LogP contribution in [0.2, 0.25) is 5.02 Å². The van der Waals surface area contributed by atoms with E-state index < -0.39 is 0 Å². The second kappa shape index (κ2) is 3.99. The predicted molar refractivity (Wildman–Crippen MR) is 66.9 cm³/mol. The van der Waals surface area contributed by atoms with Crippen LogP contribution in [0.25, 0.3) is 0 Å². The van der Waals surface area contributed by atoms with Crippen molar-refractivity contribution in [1.29, 1.82) is 0 Å². The van der Waals surface area contributed by atoms with Crippen molar-refractivity contribution in [3.8, 4) is 0 Å². The molecule has 1 aromatic rings. The Morgan fingerprint density at radius 1 is 1.33 bits per heavy atom. The molecule has 0 atom stereocenters. The van der Waals surface area contributed by atoms with Gasteiger partial charge in [-0.05, 0) is 49.2 Å². The van der Waals surface area contributed by atoms with Crippen LogP contribution >= 0.6 is 23.8 Å². The zero-order chi connectivity index (χ0) is 10.9. The summed E-state index contributed by atoms with van der Waals surface area (Å²) >= 11 is 10.8. The van der Waals surface area contributed by atoms with Crippen molar-refractivity contribution in [1.82, 2.24) is 5.32 Å². The molecule has 1 saturated carbocycles. The molecule has 1 fully saturated rings. The van der Waals surface area contributed by atoms with Crippen molar-refractivity contribution < 1.29 is 0 Å². The van der Waals surface area contributed by atoms with E-state index in [9.17, 15) is 0 Å². The summed E-state index contributed by atoms with van der Waals surface area (Å²) in [5.74, 6) is 0. The first-order valence-electron chi connectivity index (χ1n) is 4.96. The molecule has 2 rings (SSSR count). The quantitative estimate of drug-likeness (QED) is 0.781. The molecule has 0 heterocycles. The first kappa shape index (κ1) is 10.7. The van der Waals surface area contributed by atoms with Crippen LogP contribution in [0.1, 0.15) is 24.8 Å². The van der Waals surface area contributed by atoms with Gasteiger partial charge in [-0.1, -0.05) is 23.7 Å². The highest BCUT2D eigenvalue weighted by Gasteiger charge is 2.38. The Labute approximate surface area is 99.8 Å². The van der Waals surface area contributed by atoms with Gasteiger partial charge < -0.3 is 11.1 Å². The minimum Gasteiger partial charge on any atom is -0.376 e. The zero-order valence-electron chi connectivity index (χ0n) is 8.29. The fraction of sp³-hybridized carbons (Fsp3) is 0.364. The van der Waals surface area contributed by atoms with E-state index in [1.807, 2.05) is 24.3 Å². The van der Waals surface area contributed by atoms with Gasteiger partial charge in [0.25, 0.3) is 0 Å². The summed E-state index contributed by atoms with van der Waals surface area (Å²) in [6.07, 6.45) is 3.36. The van der Waals surface area contributed by atoms with E-state index in [1.165, 1.54) is 12.0 Å². The maximum absolute atomic E-state index is 5.86. The summed E-state index contributed by atoms with van der Waals surface area (Å²) in [6.45, 7) is 0. The monoisotopic (exact) mass is 240 g/mol. The molecular weight excluding hydrogens is 228 g/mol. The molecule has 1 aliphatic carbocycles. The van der Waals surface area contributed by atoms with E-state index in [-0.39, 0.29) is 5.54 Å². The van der Waals surface area contributed by atoms with Gasteiger partial charge in [0.2, 0.25) is 0 Å². The van der Waals surface area contributed by atoms with Gasteiger partial charge in [0.1, 0.15) is 0 Å². The molecule has 0 aliphatic heterocycles. The molecular formula is C11H13ClN2S. The Kier molecular flexibility index (Phi) is 2.85. The lowest BCUT2D eigenvalue weighted by Crippen LogP contribution is -2.52.